The van der Waals surface area contributed by atoms with E-state index in [2.05, 4.69) is 6.92 Å². The topological polar surface area (TPSA) is 37.3 Å². The van der Waals surface area contributed by atoms with Crippen molar-refractivity contribution in [2.24, 2.45) is 0 Å². The standard InChI is InChI=1S/C21H42O2/c1-3-5-6-7-8-9-10-11-12-13-14-15-16-18-21(23)19-20(22)17-4-2/h21,23H,3-19H2,1-2H3. The Balaban J connectivity index is 3.17. The van der Waals surface area contributed by atoms with Gasteiger partial charge in [0.1, 0.15) is 5.78 Å². The normalized spacial score (nSPS) is 12.5. The Morgan fingerprint density at radius 1 is 0.696 bits per heavy atom. The number of aliphatic hydroxyl groups excluding tert-OH is 1. The molecule has 0 aromatic carbocycles. The first-order valence-corrected chi connectivity index (χ1v) is 10.4. The first-order valence-electron chi connectivity index (χ1n) is 10.4. The van der Waals surface area contributed by atoms with Crippen molar-refractivity contribution >= 4 is 5.78 Å². The Hall–Kier alpha value is -0.370. The highest BCUT2D eigenvalue weighted by Crippen LogP contribution is 2.14. The lowest BCUT2D eigenvalue weighted by molar-refractivity contribution is -0.121. The second-order valence-corrected chi connectivity index (χ2v) is 7.18. The van der Waals surface area contributed by atoms with Gasteiger partial charge >= 0.3 is 0 Å². The summed E-state index contributed by atoms with van der Waals surface area (Å²) in [6.07, 6.45) is 19.8. The average Bonchev–Trinajstić information content (AvgIpc) is 2.52. The molecule has 1 N–H and O–H groups in total. The number of ketones is 1. The molecule has 0 aliphatic rings. The summed E-state index contributed by atoms with van der Waals surface area (Å²) >= 11 is 0. The number of Topliss-reactive ketones (excluding diaryl/α,β-unsaturated/α-hetero) is 1. The van der Waals surface area contributed by atoms with Gasteiger partial charge in [0.15, 0.2) is 0 Å². The van der Waals surface area contributed by atoms with E-state index in [0.717, 1.165) is 19.3 Å². The molecule has 0 aliphatic heterocycles. The zero-order valence-electron chi connectivity index (χ0n) is 16.0. The molecular weight excluding hydrogens is 284 g/mol. The number of rotatable bonds is 18. The largest absolute Gasteiger partial charge is 0.393 e. The highest BCUT2D eigenvalue weighted by molar-refractivity contribution is 5.78. The van der Waals surface area contributed by atoms with E-state index in [1.54, 1.807) is 0 Å². The number of carbonyl (C=O) groups excluding carboxylic acids is 1. The number of aliphatic hydroxyl groups is 1. The lowest BCUT2D eigenvalue weighted by Crippen LogP contribution is -2.12. The van der Waals surface area contributed by atoms with Gasteiger partial charge in [-0.25, -0.2) is 0 Å². The summed E-state index contributed by atoms with van der Waals surface area (Å²) < 4.78 is 0. The van der Waals surface area contributed by atoms with Crippen molar-refractivity contribution in [3.63, 3.8) is 0 Å². The Kier molecular flexibility index (Phi) is 17.7. The molecule has 138 valence electrons. The Labute approximate surface area is 145 Å². The molecule has 0 aromatic heterocycles. The smallest absolute Gasteiger partial charge is 0.135 e. The van der Waals surface area contributed by atoms with Crippen LogP contribution in [-0.4, -0.2) is 17.0 Å². The van der Waals surface area contributed by atoms with Crippen LogP contribution in [0.2, 0.25) is 0 Å². The lowest BCUT2D eigenvalue weighted by Gasteiger charge is -2.09. The van der Waals surface area contributed by atoms with Crippen molar-refractivity contribution in [1.82, 2.24) is 0 Å². The third-order valence-electron chi connectivity index (χ3n) is 4.63. The molecular formula is C21H42O2. The molecule has 2 nitrogen and oxygen atoms in total. The third kappa shape index (κ3) is 17.8. The van der Waals surface area contributed by atoms with Gasteiger partial charge in [0.05, 0.1) is 6.10 Å². The maximum atomic E-state index is 11.4. The van der Waals surface area contributed by atoms with Crippen LogP contribution in [0, 0.1) is 0 Å². The van der Waals surface area contributed by atoms with Crippen LogP contribution in [0.4, 0.5) is 0 Å². The van der Waals surface area contributed by atoms with Crippen molar-refractivity contribution in [3.05, 3.63) is 0 Å². The molecule has 0 rings (SSSR count). The number of unbranched alkanes of at least 4 members (excludes halogenated alkanes) is 12. The fraction of sp³-hybridized carbons (Fsp3) is 0.952. The van der Waals surface area contributed by atoms with Crippen molar-refractivity contribution < 1.29 is 9.90 Å². The van der Waals surface area contributed by atoms with E-state index in [9.17, 15) is 9.90 Å². The molecule has 0 saturated carbocycles. The molecule has 0 fully saturated rings. The van der Waals surface area contributed by atoms with Gasteiger partial charge in [-0.15, -0.1) is 0 Å². The zero-order valence-corrected chi connectivity index (χ0v) is 16.0. The Bertz CT molecular complexity index is 250. The van der Waals surface area contributed by atoms with Crippen molar-refractivity contribution in [3.8, 4) is 0 Å². The summed E-state index contributed by atoms with van der Waals surface area (Å²) in [5.74, 6) is 0.217. The van der Waals surface area contributed by atoms with Gasteiger partial charge in [0.2, 0.25) is 0 Å². The van der Waals surface area contributed by atoms with Gasteiger partial charge in [0, 0.05) is 12.8 Å². The van der Waals surface area contributed by atoms with Gasteiger partial charge in [0.25, 0.3) is 0 Å². The van der Waals surface area contributed by atoms with Crippen LogP contribution >= 0.6 is 0 Å². The summed E-state index contributed by atoms with van der Waals surface area (Å²) in [7, 11) is 0. The van der Waals surface area contributed by atoms with Gasteiger partial charge in [-0.3, -0.25) is 4.79 Å². The van der Waals surface area contributed by atoms with E-state index in [1.165, 1.54) is 77.0 Å². The molecule has 0 spiro atoms. The highest BCUT2D eigenvalue weighted by Gasteiger charge is 2.09. The molecule has 0 amide bonds. The summed E-state index contributed by atoms with van der Waals surface area (Å²) in [4.78, 5) is 11.4. The predicted molar refractivity (Wildman–Crippen MR) is 101 cm³/mol. The maximum Gasteiger partial charge on any atom is 0.135 e. The fourth-order valence-electron chi connectivity index (χ4n) is 3.14. The molecule has 0 heterocycles. The van der Waals surface area contributed by atoms with Gasteiger partial charge < -0.3 is 5.11 Å². The predicted octanol–water partition coefficient (Wildman–Crippen LogP) is 6.59. The Morgan fingerprint density at radius 3 is 1.57 bits per heavy atom. The van der Waals surface area contributed by atoms with E-state index in [-0.39, 0.29) is 5.78 Å². The highest BCUT2D eigenvalue weighted by atomic mass is 16.3. The Morgan fingerprint density at radius 2 is 1.13 bits per heavy atom. The van der Waals surface area contributed by atoms with Crippen LogP contribution < -0.4 is 0 Å². The molecule has 2 heteroatoms. The van der Waals surface area contributed by atoms with E-state index in [1.807, 2.05) is 6.92 Å². The minimum atomic E-state index is -0.401. The lowest BCUT2D eigenvalue weighted by atomic mass is 10.0. The van der Waals surface area contributed by atoms with E-state index in [4.69, 9.17) is 0 Å². The van der Waals surface area contributed by atoms with Crippen LogP contribution in [0.1, 0.15) is 123 Å². The molecule has 0 radical (unpaired) electrons. The average molecular weight is 327 g/mol. The molecule has 23 heavy (non-hydrogen) atoms. The van der Waals surface area contributed by atoms with Crippen LogP contribution in [0.5, 0.6) is 0 Å². The second kappa shape index (κ2) is 18.0. The summed E-state index contributed by atoms with van der Waals surface area (Å²) in [6, 6.07) is 0. The minimum absolute atomic E-state index is 0.217. The van der Waals surface area contributed by atoms with Crippen LogP contribution in [-0.2, 0) is 4.79 Å². The zero-order chi connectivity index (χ0) is 17.2. The fourth-order valence-corrected chi connectivity index (χ4v) is 3.14. The number of hydrogen-bond acceptors (Lipinski definition) is 2. The van der Waals surface area contributed by atoms with E-state index < -0.39 is 6.10 Å². The molecule has 1 atom stereocenters. The molecule has 0 aliphatic carbocycles. The quantitative estimate of drug-likeness (QED) is 0.288. The SMILES string of the molecule is CCCCCCCCCCCCCCCC(O)CC(=O)CCC. The van der Waals surface area contributed by atoms with Crippen LogP contribution in [0.25, 0.3) is 0 Å². The number of hydrogen-bond donors (Lipinski definition) is 1. The van der Waals surface area contributed by atoms with Crippen molar-refractivity contribution in [1.29, 1.82) is 0 Å². The van der Waals surface area contributed by atoms with Gasteiger partial charge in [-0.1, -0.05) is 97.3 Å². The van der Waals surface area contributed by atoms with Crippen LogP contribution in [0.15, 0.2) is 0 Å². The van der Waals surface area contributed by atoms with Crippen molar-refractivity contribution in [2.75, 3.05) is 0 Å². The molecule has 0 saturated heterocycles. The monoisotopic (exact) mass is 326 g/mol. The van der Waals surface area contributed by atoms with Gasteiger partial charge in [-0.05, 0) is 12.8 Å². The van der Waals surface area contributed by atoms with Crippen LogP contribution in [0.3, 0.4) is 0 Å². The van der Waals surface area contributed by atoms with E-state index >= 15 is 0 Å². The molecule has 0 aromatic rings. The summed E-state index contributed by atoms with van der Waals surface area (Å²) in [5.41, 5.74) is 0. The summed E-state index contributed by atoms with van der Waals surface area (Å²) in [6.45, 7) is 4.28. The van der Waals surface area contributed by atoms with Gasteiger partial charge in [-0.2, -0.15) is 0 Å². The van der Waals surface area contributed by atoms with E-state index in [0.29, 0.717) is 12.8 Å². The summed E-state index contributed by atoms with van der Waals surface area (Å²) in [5, 5.41) is 9.80. The molecule has 1 unspecified atom stereocenters. The third-order valence-corrected chi connectivity index (χ3v) is 4.63. The first-order chi connectivity index (χ1) is 11.2. The minimum Gasteiger partial charge on any atom is -0.393 e. The number of carbonyl (C=O) groups is 1. The second-order valence-electron chi connectivity index (χ2n) is 7.18. The maximum absolute atomic E-state index is 11.4. The van der Waals surface area contributed by atoms with Crippen molar-refractivity contribution in [2.45, 2.75) is 129 Å². The molecule has 0 bridgehead atoms. The first kappa shape index (κ1) is 22.6.